The van der Waals surface area contributed by atoms with Gasteiger partial charge in [-0.25, -0.2) is 0 Å². The van der Waals surface area contributed by atoms with Crippen LogP contribution < -0.4 is 4.90 Å². The van der Waals surface area contributed by atoms with Crippen LogP contribution in [0.3, 0.4) is 0 Å². The summed E-state index contributed by atoms with van der Waals surface area (Å²) >= 11 is 1.85. The molecule has 0 aliphatic carbocycles. The van der Waals surface area contributed by atoms with Gasteiger partial charge in [0.1, 0.15) is 22.3 Å². The lowest BCUT2D eigenvalue weighted by Gasteiger charge is -2.27. The molecular weight excluding hydrogens is 727 g/mol. The Balaban J connectivity index is 1.04. The summed E-state index contributed by atoms with van der Waals surface area (Å²) in [6, 6.07) is 71.2. The van der Waals surface area contributed by atoms with Crippen molar-refractivity contribution in [2.24, 2.45) is 0 Å². The van der Waals surface area contributed by atoms with E-state index < -0.39 is 0 Å². The SMILES string of the molecule is c1ccc(-c2cccc(N(c3ccc(-c4cccc5c4oc4c(-c6ccccc6)c6c(cc45)oc4ccccc46)cc3)c3cccc4c3sc3ccccc34)c2)cc1. The minimum Gasteiger partial charge on any atom is -0.456 e. The summed E-state index contributed by atoms with van der Waals surface area (Å²) in [5.41, 5.74) is 13.4. The number of rotatable bonds is 6. The zero-order chi connectivity index (χ0) is 38.2. The average molecular weight is 760 g/mol. The van der Waals surface area contributed by atoms with Crippen LogP contribution >= 0.6 is 11.3 Å². The maximum absolute atomic E-state index is 7.05. The average Bonchev–Trinajstić information content (AvgIpc) is 3.98. The van der Waals surface area contributed by atoms with Crippen molar-refractivity contribution in [2.75, 3.05) is 4.90 Å². The smallest absolute Gasteiger partial charge is 0.144 e. The van der Waals surface area contributed by atoms with Crippen molar-refractivity contribution in [2.45, 2.75) is 0 Å². The molecule has 0 radical (unpaired) electrons. The highest BCUT2D eigenvalue weighted by Crippen LogP contribution is 2.48. The van der Waals surface area contributed by atoms with Gasteiger partial charge in [0.15, 0.2) is 0 Å². The maximum atomic E-state index is 7.05. The lowest BCUT2D eigenvalue weighted by molar-refractivity contribution is 0.665. The molecule has 0 amide bonds. The molecule has 3 aromatic heterocycles. The van der Waals surface area contributed by atoms with Gasteiger partial charge in [-0.3, -0.25) is 0 Å². The van der Waals surface area contributed by atoms with E-state index in [2.05, 4.69) is 193 Å². The van der Waals surface area contributed by atoms with Gasteiger partial charge >= 0.3 is 0 Å². The Morgan fingerprint density at radius 3 is 1.90 bits per heavy atom. The molecule has 4 heteroatoms. The first-order valence-corrected chi connectivity index (χ1v) is 20.4. The predicted octanol–water partition coefficient (Wildman–Crippen LogP) is 16.3. The van der Waals surface area contributed by atoms with Crippen molar-refractivity contribution in [3.05, 3.63) is 200 Å². The predicted molar refractivity (Wildman–Crippen MR) is 245 cm³/mol. The molecule has 0 saturated carbocycles. The van der Waals surface area contributed by atoms with E-state index in [1.54, 1.807) is 0 Å². The third kappa shape index (κ3) is 5.12. The molecule has 0 bridgehead atoms. The number of anilines is 3. The number of fused-ring (bicyclic) bond motifs is 9. The minimum absolute atomic E-state index is 0.857. The molecule has 58 heavy (non-hydrogen) atoms. The van der Waals surface area contributed by atoms with Crippen LogP contribution in [0.15, 0.2) is 209 Å². The topological polar surface area (TPSA) is 29.5 Å². The lowest BCUT2D eigenvalue weighted by Crippen LogP contribution is -2.10. The Bertz CT molecular complexity index is 3500. The number of thiophene rings is 1. The zero-order valence-corrected chi connectivity index (χ0v) is 32.0. The Kier molecular flexibility index (Phi) is 7.40. The standard InChI is InChI=1S/C54H33NO2S/c1-3-14-34(15-4-1)37-18-11-19-39(32-37)55(46-25-13-24-43-41-20-8-10-27-49(41)58-54(43)46)38-30-28-35(29-31-38)40-22-12-23-42-45-33-48-51(44-21-7-9-26-47(44)56-48)50(53(45)57-52(40)42)36-16-5-2-6-17-36/h1-33H. The van der Waals surface area contributed by atoms with Crippen molar-refractivity contribution in [3.8, 4) is 33.4 Å². The van der Waals surface area contributed by atoms with E-state index in [4.69, 9.17) is 8.83 Å². The number of hydrogen-bond acceptors (Lipinski definition) is 4. The van der Waals surface area contributed by atoms with Crippen LogP contribution in [0.1, 0.15) is 0 Å². The zero-order valence-electron chi connectivity index (χ0n) is 31.2. The fraction of sp³-hybridized carbons (Fsp3) is 0. The van der Waals surface area contributed by atoms with E-state index in [0.717, 1.165) is 83.2 Å². The molecule has 0 spiro atoms. The van der Waals surface area contributed by atoms with E-state index in [9.17, 15) is 0 Å². The summed E-state index contributed by atoms with van der Waals surface area (Å²) in [4.78, 5) is 2.40. The van der Waals surface area contributed by atoms with Gasteiger partial charge in [0.2, 0.25) is 0 Å². The molecule has 3 heterocycles. The lowest BCUT2D eigenvalue weighted by atomic mass is 9.96. The maximum Gasteiger partial charge on any atom is 0.144 e. The van der Waals surface area contributed by atoms with Crippen LogP contribution in [0.5, 0.6) is 0 Å². The first-order valence-electron chi connectivity index (χ1n) is 19.6. The molecule has 272 valence electrons. The van der Waals surface area contributed by atoms with Crippen LogP contribution in [0.25, 0.3) is 97.4 Å². The number of nitrogens with zero attached hydrogens (tertiary/aromatic N) is 1. The highest BCUT2D eigenvalue weighted by molar-refractivity contribution is 7.26. The first-order chi connectivity index (χ1) is 28.8. The van der Waals surface area contributed by atoms with Crippen LogP contribution in [-0.2, 0) is 0 Å². The fourth-order valence-electron chi connectivity index (χ4n) is 8.82. The Morgan fingerprint density at radius 1 is 0.379 bits per heavy atom. The second-order valence-corrected chi connectivity index (χ2v) is 15.9. The molecule has 0 atom stereocenters. The second-order valence-electron chi connectivity index (χ2n) is 14.8. The van der Waals surface area contributed by atoms with Gasteiger partial charge in [-0.15, -0.1) is 11.3 Å². The highest BCUT2D eigenvalue weighted by Gasteiger charge is 2.23. The molecule has 0 N–H and O–H groups in total. The molecule has 12 aromatic rings. The Morgan fingerprint density at radius 2 is 1.05 bits per heavy atom. The summed E-state index contributed by atoms with van der Waals surface area (Å²) in [6.07, 6.45) is 0. The van der Waals surface area contributed by atoms with Gasteiger partial charge in [0, 0.05) is 59.5 Å². The summed E-state index contributed by atoms with van der Waals surface area (Å²) in [5, 5.41) is 6.81. The van der Waals surface area contributed by atoms with E-state index in [-0.39, 0.29) is 0 Å². The van der Waals surface area contributed by atoms with Gasteiger partial charge < -0.3 is 13.7 Å². The second kappa shape index (κ2) is 13.1. The quantitative estimate of drug-likeness (QED) is 0.169. The van der Waals surface area contributed by atoms with E-state index in [1.165, 1.54) is 31.3 Å². The van der Waals surface area contributed by atoms with Crippen molar-refractivity contribution >= 4 is 92.4 Å². The van der Waals surface area contributed by atoms with Crippen LogP contribution in [0.2, 0.25) is 0 Å². The highest BCUT2D eigenvalue weighted by atomic mass is 32.1. The summed E-state index contributed by atoms with van der Waals surface area (Å²) in [5.74, 6) is 0. The Hall–Kier alpha value is -7.40. The van der Waals surface area contributed by atoms with Crippen molar-refractivity contribution in [3.63, 3.8) is 0 Å². The van der Waals surface area contributed by atoms with E-state index in [1.807, 2.05) is 23.5 Å². The normalized spacial score (nSPS) is 11.8. The van der Waals surface area contributed by atoms with Crippen LogP contribution in [-0.4, -0.2) is 0 Å². The molecule has 9 aromatic carbocycles. The number of benzene rings is 9. The molecule has 0 saturated heterocycles. The third-order valence-corrected chi connectivity index (χ3v) is 12.7. The van der Waals surface area contributed by atoms with Gasteiger partial charge in [-0.05, 0) is 70.8 Å². The van der Waals surface area contributed by atoms with Crippen molar-refractivity contribution in [1.82, 2.24) is 0 Å². The largest absolute Gasteiger partial charge is 0.456 e. The van der Waals surface area contributed by atoms with Crippen LogP contribution in [0.4, 0.5) is 17.1 Å². The van der Waals surface area contributed by atoms with Crippen LogP contribution in [0, 0.1) is 0 Å². The monoisotopic (exact) mass is 759 g/mol. The fourth-order valence-corrected chi connectivity index (χ4v) is 10.0. The molecule has 12 rings (SSSR count). The van der Waals surface area contributed by atoms with Gasteiger partial charge in [0.05, 0.1) is 10.4 Å². The molecular formula is C54H33NO2S. The third-order valence-electron chi connectivity index (χ3n) is 11.5. The molecule has 0 aliphatic heterocycles. The van der Waals surface area contributed by atoms with Gasteiger partial charge in [0.25, 0.3) is 0 Å². The molecule has 0 unspecified atom stereocenters. The summed E-state index contributed by atoms with van der Waals surface area (Å²) in [6.45, 7) is 0. The Labute approximate surface area is 338 Å². The van der Waals surface area contributed by atoms with Crippen molar-refractivity contribution < 1.29 is 8.83 Å². The van der Waals surface area contributed by atoms with Crippen molar-refractivity contribution in [1.29, 1.82) is 0 Å². The van der Waals surface area contributed by atoms with E-state index >= 15 is 0 Å². The first kappa shape index (κ1) is 32.8. The van der Waals surface area contributed by atoms with Gasteiger partial charge in [-0.2, -0.15) is 0 Å². The number of hydrogen-bond donors (Lipinski definition) is 0. The summed E-state index contributed by atoms with van der Waals surface area (Å²) in [7, 11) is 0. The molecule has 0 fully saturated rings. The minimum atomic E-state index is 0.857. The van der Waals surface area contributed by atoms with E-state index in [0.29, 0.717) is 0 Å². The number of furan rings is 2. The molecule has 0 aliphatic rings. The number of para-hydroxylation sites is 2. The van der Waals surface area contributed by atoms with Gasteiger partial charge in [-0.1, -0.05) is 152 Å². The summed E-state index contributed by atoms with van der Waals surface area (Å²) < 4.78 is 16.1. The molecule has 3 nitrogen and oxygen atoms in total.